The van der Waals surface area contributed by atoms with Gasteiger partial charge in [-0.15, -0.1) is 0 Å². The summed E-state index contributed by atoms with van der Waals surface area (Å²) in [6, 6.07) is 18.4. The Morgan fingerprint density at radius 2 is 1.45 bits per heavy atom. The highest BCUT2D eigenvalue weighted by Gasteiger charge is 2.29. The van der Waals surface area contributed by atoms with Gasteiger partial charge in [0.15, 0.2) is 9.84 Å². The van der Waals surface area contributed by atoms with Crippen molar-refractivity contribution in [3.63, 3.8) is 0 Å². The van der Waals surface area contributed by atoms with Gasteiger partial charge in [0.25, 0.3) is 0 Å². The number of rotatable bonds is 5. The van der Waals surface area contributed by atoms with Crippen molar-refractivity contribution in [2.24, 2.45) is 5.73 Å². The van der Waals surface area contributed by atoms with E-state index in [1.165, 1.54) is 6.26 Å². The summed E-state index contributed by atoms with van der Waals surface area (Å²) >= 11 is 0. The topological polar surface area (TPSA) is 60.2 Å². The molecule has 0 aliphatic rings. The van der Waals surface area contributed by atoms with Crippen molar-refractivity contribution in [1.29, 1.82) is 0 Å². The standard InChI is InChI=1S/C16H19NO2S/c1-20(18,19)16(14-10-6-3-7-11-14)15(17)12-13-8-4-2-5-9-13/h2-11,15-16H,12,17H2,1H3. The van der Waals surface area contributed by atoms with Crippen LogP contribution in [0, 0.1) is 0 Å². The quantitative estimate of drug-likeness (QED) is 0.919. The van der Waals surface area contributed by atoms with Crippen molar-refractivity contribution < 1.29 is 8.42 Å². The zero-order valence-corrected chi connectivity index (χ0v) is 12.3. The highest BCUT2D eigenvalue weighted by atomic mass is 32.2. The van der Waals surface area contributed by atoms with Gasteiger partial charge in [-0.1, -0.05) is 60.7 Å². The van der Waals surface area contributed by atoms with Crippen LogP contribution >= 0.6 is 0 Å². The SMILES string of the molecule is CS(=O)(=O)C(c1ccccc1)C(N)Cc1ccccc1. The Kier molecular flexibility index (Phi) is 4.57. The Labute approximate surface area is 120 Å². The van der Waals surface area contributed by atoms with E-state index in [1.54, 1.807) is 0 Å². The second-order valence-corrected chi connectivity index (χ2v) is 7.18. The maximum absolute atomic E-state index is 12.1. The van der Waals surface area contributed by atoms with Gasteiger partial charge in [0.05, 0.1) is 0 Å². The number of nitrogens with two attached hydrogens (primary N) is 1. The molecule has 0 fully saturated rings. The van der Waals surface area contributed by atoms with Gasteiger partial charge >= 0.3 is 0 Å². The van der Waals surface area contributed by atoms with Gasteiger partial charge in [-0.25, -0.2) is 8.42 Å². The van der Waals surface area contributed by atoms with Crippen molar-refractivity contribution in [3.8, 4) is 0 Å². The van der Waals surface area contributed by atoms with Gasteiger partial charge in [0.1, 0.15) is 5.25 Å². The molecular weight excluding hydrogens is 270 g/mol. The van der Waals surface area contributed by atoms with Crippen LogP contribution in [0.15, 0.2) is 60.7 Å². The molecule has 0 amide bonds. The number of hydrogen-bond acceptors (Lipinski definition) is 3. The molecule has 0 spiro atoms. The molecule has 2 aromatic rings. The fourth-order valence-electron chi connectivity index (χ4n) is 2.45. The lowest BCUT2D eigenvalue weighted by Gasteiger charge is -2.23. The molecule has 4 heteroatoms. The Balaban J connectivity index is 2.29. The van der Waals surface area contributed by atoms with E-state index in [-0.39, 0.29) is 0 Å². The van der Waals surface area contributed by atoms with Crippen molar-refractivity contribution in [1.82, 2.24) is 0 Å². The van der Waals surface area contributed by atoms with E-state index < -0.39 is 21.1 Å². The summed E-state index contributed by atoms with van der Waals surface area (Å²) in [6.07, 6.45) is 1.78. The molecule has 0 bridgehead atoms. The largest absolute Gasteiger partial charge is 0.326 e. The van der Waals surface area contributed by atoms with Crippen LogP contribution in [0.2, 0.25) is 0 Å². The van der Waals surface area contributed by atoms with E-state index in [0.717, 1.165) is 11.1 Å². The predicted octanol–water partition coefficient (Wildman–Crippen LogP) is 2.34. The summed E-state index contributed by atoms with van der Waals surface area (Å²) < 4.78 is 24.2. The van der Waals surface area contributed by atoms with E-state index in [4.69, 9.17) is 5.73 Å². The van der Waals surface area contributed by atoms with Gasteiger partial charge < -0.3 is 5.73 Å². The predicted molar refractivity (Wildman–Crippen MR) is 82.1 cm³/mol. The monoisotopic (exact) mass is 289 g/mol. The molecule has 0 aliphatic heterocycles. The molecule has 20 heavy (non-hydrogen) atoms. The average Bonchev–Trinajstić information content (AvgIpc) is 2.39. The molecular formula is C16H19NO2S. The van der Waals surface area contributed by atoms with Crippen LogP contribution in [-0.4, -0.2) is 20.7 Å². The fraction of sp³-hybridized carbons (Fsp3) is 0.250. The molecule has 2 aromatic carbocycles. The second-order valence-electron chi connectivity index (χ2n) is 5.01. The Morgan fingerprint density at radius 1 is 0.950 bits per heavy atom. The minimum Gasteiger partial charge on any atom is -0.326 e. The minimum absolute atomic E-state index is 0.463. The average molecular weight is 289 g/mol. The Bertz CT molecular complexity index is 639. The molecule has 106 valence electrons. The molecule has 0 aliphatic carbocycles. The van der Waals surface area contributed by atoms with Crippen molar-refractivity contribution in [2.75, 3.05) is 6.26 Å². The Hall–Kier alpha value is -1.65. The fourth-order valence-corrected chi connectivity index (χ4v) is 3.83. The highest BCUT2D eigenvalue weighted by molar-refractivity contribution is 7.91. The van der Waals surface area contributed by atoms with E-state index in [9.17, 15) is 8.42 Å². The molecule has 0 saturated heterocycles. The Morgan fingerprint density at radius 3 is 1.95 bits per heavy atom. The van der Waals surface area contributed by atoms with Crippen molar-refractivity contribution >= 4 is 9.84 Å². The zero-order valence-electron chi connectivity index (χ0n) is 11.4. The van der Waals surface area contributed by atoms with Crippen LogP contribution in [0.4, 0.5) is 0 Å². The van der Waals surface area contributed by atoms with E-state index in [1.807, 2.05) is 60.7 Å². The smallest absolute Gasteiger partial charge is 0.155 e. The molecule has 2 N–H and O–H groups in total. The molecule has 2 unspecified atom stereocenters. The normalized spacial score (nSPS) is 14.7. The number of sulfone groups is 1. The lowest BCUT2D eigenvalue weighted by Crippen LogP contribution is -2.35. The summed E-state index contributed by atoms with van der Waals surface area (Å²) in [6.45, 7) is 0. The van der Waals surface area contributed by atoms with Gasteiger partial charge in [0, 0.05) is 12.3 Å². The van der Waals surface area contributed by atoms with Gasteiger partial charge in [-0.2, -0.15) is 0 Å². The summed E-state index contributed by atoms with van der Waals surface area (Å²) in [5.74, 6) is 0. The third kappa shape index (κ3) is 3.68. The third-order valence-electron chi connectivity index (χ3n) is 3.29. The lowest BCUT2D eigenvalue weighted by atomic mass is 9.99. The minimum atomic E-state index is -3.26. The second kappa shape index (κ2) is 6.20. The van der Waals surface area contributed by atoms with Gasteiger partial charge in [0.2, 0.25) is 0 Å². The van der Waals surface area contributed by atoms with Gasteiger partial charge in [-0.05, 0) is 17.5 Å². The zero-order chi connectivity index (χ0) is 14.6. The molecule has 2 rings (SSSR count). The van der Waals surface area contributed by atoms with Crippen molar-refractivity contribution in [2.45, 2.75) is 17.7 Å². The third-order valence-corrected chi connectivity index (χ3v) is 4.84. The summed E-state index contributed by atoms with van der Waals surface area (Å²) in [5.41, 5.74) is 7.98. The van der Waals surface area contributed by atoms with Crippen LogP contribution in [0.1, 0.15) is 16.4 Å². The van der Waals surface area contributed by atoms with Crippen molar-refractivity contribution in [3.05, 3.63) is 71.8 Å². The van der Waals surface area contributed by atoms with Crippen LogP contribution in [0.25, 0.3) is 0 Å². The van der Waals surface area contributed by atoms with Crippen LogP contribution < -0.4 is 5.73 Å². The first kappa shape index (κ1) is 14.8. The van der Waals surface area contributed by atoms with E-state index >= 15 is 0 Å². The maximum Gasteiger partial charge on any atom is 0.155 e. The lowest BCUT2D eigenvalue weighted by molar-refractivity contribution is 0.557. The number of benzene rings is 2. The van der Waals surface area contributed by atoms with Crippen LogP contribution in [-0.2, 0) is 16.3 Å². The molecule has 2 atom stereocenters. The molecule has 0 heterocycles. The number of hydrogen-bond donors (Lipinski definition) is 1. The molecule has 0 radical (unpaired) electrons. The molecule has 0 saturated carbocycles. The molecule has 0 aromatic heterocycles. The first-order chi connectivity index (χ1) is 9.48. The maximum atomic E-state index is 12.1. The first-order valence-corrected chi connectivity index (χ1v) is 8.47. The highest BCUT2D eigenvalue weighted by Crippen LogP contribution is 2.26. The first-order valence-electron chi connectivity index (χ1n) is 6.52. The van der Waals surface area contributed by atoms with Crippen LogP contribution in [0.5, 0.6) is 0 Å². The molecule has 3 nitrogen and oxygen atoms in total. The summed E-state index contributed by atoms with van der Waals surface area (Å²) in [4.78, 5) is 0. The van der Waals surface area contributed by atoms with E-state index in [0.29, 0.717) is 6.42 Å². The summed E-state index contributed by atoms with van der Waals surface area (Å²) in [7, 11) is -3.26. The van der Waals surface area contributed by atoms with E-state index in [2.05, 4.69) is 0 Å². The summed E-state index contributed by atoms with van der Waals surface area (Å²) in [5, 5.41) is -0.677. The van der Waals surface area contributed by atoms with Crippen LogP contribution in [0.3, 0.4) is 0 Å². The van der Waals surface area contributed by atoms with Gasteiger partial charge in [-0.3, -0.25) is 0 Å².